The van der Waals surface area contributed by atoms with Crippen LogP contribution in [0, 0.1) is 0 Å². The second kappa shape index (κ2) is 7.88. The molecule has 0 aliphatic carbocycles. The molecule has 27 heavy (non-hydrogen) atoms. The number of carboxylic acid groups (broad SMARTS) is 2. The van der Waals surface area contributed by atoms with E-state index in [1.807, 2.05) is 36.6 Å². The number of rotatable bonds is 6. The Balaban J connectivity index is 2.02. The number of nitrogens with zero attached hydrogens (tertiary/aromatic N) is 2. The molecule has 0 saturated carbocycles. The average molecular weight is 379 g/mol. The van der Waals surface area contributed by atoms with Crippen LogP contribution in [-0.2, 0) is 0 Å². The second-order valence-corrected chi connectivity index (χ2v) is 6.26. The summed E-state index contributed by atoms with van der Waals surface area (Å²) in [5.74, 6) is -2.58. The number of aromatic nitrogens is 2. The summed E-state index contributed by atoms with van der Waals surface area (Å²) >= 11 is 1.35. The van der Waals surface area contributed by atoms with E-state index in [4.69, 9.17) is 0 Å². The van der Waals surface area contributed by atoms with Crippen LogP contribution in [0.25, 0.3) is 11.3 Å². The van der Waals surface area contributed by atoms with Gasteiger partial charge < -0.3 is 25.1 Å². The van der Waals surface area contributed by atoms with Crippen LogP contribution in [0.5, 0.6) is 0 Å². The SMILES string of the molecule is CSc1nc(Nc2cc(C(=O)[O-])cc(C(=O)[O-])c2)cc(-c2ccccc2)n1. The number of aromatic carboxylic acids is 2. The maximum absolute atomic E-state index is 11.1. The van der Waals surface area contributed by atoms with Gasteiger partial charge >= 0.3 is 0 Å². The summed E-state index contributed by atoms with van der Waals surface area (Å²) < 4.78 is 0. The lowest BCUT2D eigenvalue weighted by atomic mass is 10.1. The van der Waals surface area contributed by atoms with Crippen LogP contribution in [0.4, 0.5) is 11.5 Å². The fourth-order valence-corrected chi connectivity index (χ4v) is 2.80. The van der Waals surface area contributed by atoms with Crippen molar-refractivity contribution < 1.29 is 19.8 Å². The Morgan fingerprint density at radius 2 is 1.56 bits per heavy atom. The first-order valence-electron chi connectivity index (χ1n) is 7.79. The number of thioether (sulfide) groups is 1. The van der Waals surface area contributed by atoms with Crippen molar-refractivity contribution in [3.8, 4) is 11.3 Å². The van der Waals surface area contributed by atoms with Crippen LogP contribution in [0.2, 0.25) is 0 Å². The van der Waals surface area contributed by atoms with Crippen molar-refractivity contribution in [2.24, 2.45) is 0 Å². The maximum Gasteiger partial charge on any atom is 0.189 e. The van der Waals surface area contributed by atoms with E-state index < -0.39 is 11.9 Å². The van der Waals surface area contributed by atoms with Crippen molar-refractivity contribution >= 4 is 35.2 Å². The zero-order valence-corrected chi connectivity index (χ0v) is 14.9. The molecule has 1 aromatic heterocycles. The van der Waals surface area contributed by atoms with Gasteiger partial charge in [0.15, 0.2) is 5.16 Å². The predicted molar refractivity (Wildman–Crippen MR) is 97.6 cm³/mol. The summed E-state index contributed by atoms with van der Waals surface area (Å²) in [6, 6.07) is 14.7. The largest absolute Gasteiger partial charge is 0.545 e. The minimum absolute atomic E-state index is 0.237. The molecule has 2 aromatic carbocycles. The number of nitrogens with one attached hydrogen (secondary N) is 1. The van der Waals surface area contributed by atoms with Gasteiger partial charge in [0.25, 0.3) is 0 Å². The topological polar surface area (TPSA) is 118 Å². The normalized spacial score (nSPS) is 10.4. The third-order valence-corrected chi connectivity index (χ3v) is 4.18. The number of anilines is 2. The van der Waals surface area contributed by atoms with Crippen LogP contribution in [-0.4, -0.2) is 28.2 Å². The lowest BCUT2D eigenvalue weighted by Gasteiger charge is -2.13. The summed E-state index contributed by atoms with van der Waals surface area (Å²) in [7, 11) is 0. The highest BCUT2D eigenvalue weighted by atomic mass is 32.2. The minimum atomic E-state index is -1.49. The van der Waals surface area contributed by atoms with Gasteiger partial charge in [-0.1, -0.05) is 42.1 Å². The molecular formula is C19H13N3O4S-2. The van der Waals surface area contributed by atoms with Crippen LogP contribution >= 0.6 is 11.8 Å². The van der Waals surface area contributed by atoms with Crippen LogP contribution in [0.1, 0.15) is 20.7 Å². The molecule has 3 rings (SSSR count). The first kappa shape index (κ1) is 18.4. The summed E-state index contributed by atoms with van der Waals surface area (Å²) in [6.45, 7) is 0. The third kappa shape index (κ3) is 4.42. The number of hydrogen-bond acceptors (Lipinski definition) is 8. The molecule has 0 aliphatic rings. The highest BCUT2D eigenvalue weighted by Crippen LogP contribution is 2.25. The van der Waals surface area contributed by atoms with Gasteiger partial charge in [0, 0.05) is 17.3 Å². The monoisotopic (exact) mass is 379 g/mol. The number of carbonyl (C=O) groups is 2. The molecular weight excluding hydrogens is 366 g/mol. The van der Waals surface area contributed by atoms with E-state index in [0.29, 0.717) is 16.7 Å². The molecule has 0 aliphatic heterocycles. The molecule has 0 spiro atoms. The van der Waals surface area contributed by atoms with Crippen LogP contribution in [0.15, 0.2) is 59.8 Å². The van der Waals surface area contributed by atoms with Crippen molar-refractivity contribution in [3.63, 3.8) is 0 Å². The van der Waals surface area contributed by atoms with E-state index >= 15 is 0 Å². The van der Waals surface area contributed by atoms with Gasteiger partial charge in [0.1, 0.15) is 5.82 Å². The molecule has 0 radical (unpaired) electrons. The molecule has 0 unspecified atom stereocenters. The van der Waals surface area contributed by atoms with Gasteiger partial charge in [-0.05, 0) is 35.6 Å². The first-order valence-corrected chi connectivity index (χ1v) is 9.02. The van der Waals surface area contributed by atoms with Gasteiger partial charge in [0.05, 0.1) is 17.6 Å². The molecule has 7 nitrogen and oxygen atoms in total. The van der Waals surface area contributed by atoms with E-state index in [-0.39, 0.29) is 16.8 Å². The van der Waals surface area contributed by atoms with Gasteiger partial charge in [-0.25, -0.2) is 9.97 Å². The Bertz CT molecular complexity index is 977. The Morgan fingerprint density at radius 3 is 2.11 bits per heavy atom. The van der Waals surface area contributed by atoms with E-state index in [2.05, 4.69) is 15.3 Å². The summed E-state index contributed by atoms with van der Waals surface area (Å²) in [6.07, 6.45) is 1.83. The van der Waals surface area contributed by atoms with Gasteiger partial charge in [-0.3, -0.25) is 0 Å². The third-order valence-electron chi connectivity index (χ3n) is 3.63. The smallest absolute Gasteiger partial charge is 0.189 e. The Morgan fingerprint density at radius 1 is 0.926 bits per heavy atom. The summed E-state index contributed by atoms with van der Waals surface area (Å²) in [4.78, 5) is 31.1. The molecule has 0 fully saturated rings. The predicted octanol–water partition coefficient (Wildman–Crippen LogP) is 1.34. The number of carbonyl (C=O) groups excluding carboxylic acids is 2. The molecule has 1 heterocycles. The molecule has 0 amide bonds. The number of carboxylic acids is 2. The Hall–Kier alpha value is -3.39. The zero-order chi connectivity index (χ0) is 19.4. The van der Waals surface area contributed by atoms with E-state index in [0.717, 1.165) is 11.6 Å². The first-order chi connectivity index (χ1) is 13.0. The molecule has 0 atom stereocenters. The molecule has 1 N–H and O–H groups in total. The van der Waals surface area contributed by atoms with E-state index in [1.54, 1.807) is 6.07 Å². The van der Waals surface area contributed by atoms with Crippen molar-refractivity contribution in [2.75, 3.05) is 11.6 Å². The van der Waals surface area contributed by atoms with E-state index in [9.17, 15) is 19.8 Å². The summed E-state index contributed by atoms with van der Waals surface area (Å²) in [5, 5.41) is 25.7. The molecule has 3 aromatic rings. The standard InChI is InChI=1S/C19H15N3O4S/c1-27-19-21-15(11-5-3-2-4-6-11)10-16(22-19)20-14-8-12(17(23)24)7-13(9-14)18(25)26/h2-10H,1H3,(H,23,24)(H,25,26)(H,20,21,22)/p-2. The number of benzene rings is 2. The van der Waals surface area contributed by atoms with E-state index in [1.165, 1.54) is 23.9 Å². The van der Waals surface area contributed by atoms with Gasteiger partial charge in [-0.2, -0.15) is 0 Å². The van der Waals surface area contributed by atoms with Crippen LogP contribution in [0.3, 0.4) is 0 Å². The van der Waals surface area contributed by atoms with Crippen LogP contribution < -0.4 is 15.5 Å². The van der Waals surface area contributed by atoms with Crippen molar-refractivity contribution in [1.82, 2.24) is 9.97 Å². The van der Waals surface area contributed by atoms with Crippen molar-refractivity contribution in [1.29, 1.82) is 0 Å². The highest BCUT2D eigenvalue weighted by molar-refractivity contribution is 7.98. The maximum atomic E-state index is 11.1. The quantitative estimate of drug-likeness (QED) is 0.503. The highest BCUT2D eigenvalue weighted by Gasteiger charge is 2.09. The van der Waals surface area contributed by atoms with Gasteiger partial charge in [-0.15, -0.1) is 0 Å². The average Bonchev–Trinajstić information content (AvgIpc) is 2.68. The number of hydrogen-bond donors (Lipinski definition) is 1. The fourth-order valence-electron chi connectivity index (χ4n) is 2.42. The molecule has 136 valence electrons. The minimum Gasteiger partial charge on any atom is -0.545 e. The van der Waals surface area contributed by atoms with Gasteiger partial charge in [0.2, 0.25) is 0 Å². The molecule has 0 saturated heterocycles. The Kier molecular flexibility index (Phi) is 5.37. The summed E-state index contributed by atoms with van der Waals surface area (Å²) in [5.41, 5.74) is 1.25. The van der Waals surface area contributed by atoms with Crippen molar-refractivity contribution in [2.45, 2.75) is 5.16 Å². The molecule has 0 bridgehead atoms. The van der Waals surface area contributed by atoms with Crippen molar-refractivity contribution in [3.05, 3.63) is 65.7 Å². The fraction of sp³-hybridized carbons (Fsp3) is 0.0526. The lowest BCUT2D eigenvalue weighted by Crippen LogP contribution is -2.25. The second-order valence-electron chi connectivity index (χ2n) is 5.49. The molecule has 8 heteroatoms. The Labute approximate surface area is 159 Å². The lowest BCUT2D eigenvalue weighted by molar-refractivity contribution is -0.255. The zero-order valence-electron chi connectivity index (χ0n) is 14.1.